The molecular weight excluding hydrogens is 334 g/mol. The monoisotopic (exact) mass is 369 g/mol. The number of hydrogen-bond donors (Lipinski definition) is 1. The van der Waals surface area contributed by atoms with Gasteiger partial charge in [0.25, 0.3) is 0 Å². The number of methoxy groups -OCH3 is 1. The van der Waals surface area contributed by atoms with Crippen LogP contribution in [-0.2, 0) is 6.54 Å². The van der Waals surface area contributed by atoms with Gasteiger partial charge in [-0.2, -0.15) is 0 Å². The number of benzene rings is 2. The van der Waals surface area contributed by atoms with Crippen LogP contribution in [0, 0.1) is 11.8 Å². The van der Waals surface area contributed by atoms with Gasteiger partial charge >= 0.3 is 0 Å². The second-order valence-electron chi connectivity index (χ2n) is 7.93. The summed E-state index contributed by atoms with van der Waals surface area (Å²) in [4.78, 5) is 0. The standard InChI is InChI=1S/C24H35NO2/c1-18(2)15-24(19(3)4)21-7-6-8-23(16-21)27-14-13-25-17-20-9-11-22(26-5)12-10-20/h6-12,16,18-19,24-25H,13-15,17H2,1-5H3. The zero-order valence-corrected chi connectivity index (χ0v) is 17.5. The van der Waals surface area contributed by atoms with Gasteiger partial charge in [-0.05, 0) is 59.6 Å². The van der Waals surface area contributed by atoms with Crippen LogP contribution in [0.1, 0.15) is 51.2 Å². The van der Waals surface area contributed by atoms with Crippen LogP contribution >= 0.6 is 0 Å². The molecule has 0 aliphatic heterocycles. The van der Waals surface area contributed by atoms with Crippen LogP contribution in [0.15, 0.2) is 48.5 Å². The van der Waals surface area contributed by atoms with Gasteiger partial charge in [0.2, 0.25) is 0 Å². The Morgan fingerprint density at radius 3 is 2.30 bits per heavy atom. The van der Waals surface area contributed by atoms with Crippen LogP contribution in [0.3, 0.4) is 0 Å². The van der Waals surface area contributed by atoms with Gasteiger partial charge in [-0.3, -0.25) is 0 Å². The highest BCUT2D eigenvalue weighted by Crippen LogP contribution is 2.32. The maximum absolute atomic E-state index is 5.97. The Morgan fingerprint density at radius 1 is 0.926 bits per heavy atom. The van der Waals surface area contributed by atoms with E-state index in [0.717, 1.165) is 24.6 Å². The maximum atomic E-state index is 5.97. The molecule has 2 rings (SSSR count). The fourth-order valence-electron chi connectivity index (χ4n) is 3.35. The molecule has 0 spiro atoms. The summed E-state index contributed by atoms with van der Waals surface area (Å²) in [5.74, 6) is 3.77. The van der Waals surface area contributed by atoms with Crippen molar-refractivity contribution in [2.24, 2.45) is 11.8 Å². The molecule has 3 heteroatoms. The second kappa shape index (κ2) is 11.0. The molecule has 0 bridgehead atoms. The topological polar surface area (TPSA) is 30.5 Å². The largest absolute Gasteiger partial charge is 0.497 e. The number of hydrogen-bond acceptors (Lipinski definition) is 3. The molecule has 27 heavy (non-hydrogen) atoms. The number of rotatable bonds is 11. The lowest BCUT2D eigenvalue weighted by atomic mass is 9.82. The fourth-order valence-corrected chi connectivity index (χ4v) is 3.35. The van der Waals surface area contributed by atoms with E-state index in [0.29, 0.717) is 24.4 Å². The molecule has 0 aliphatic rings. The van der Waals surface area contributed by atoms with Crippen molar-refractivity contribution in [3.63, 3.8) is 0 Å². The Hall–Kier alpha value is -2.00. The third-order valence-corrected chi connectivity index (χ3v) is 4.85. The summed E-state index contributed by atoms with van der Waals surface area (Å²) in [5.41, 5.74) is 2.63. The van der Waals surface area contributed by atoms with Gasteiger partial charge in [0.15, 0.2) is 0 Å². The molecule has 3 nitrogen and oxygen atoms in total. The zero-order chi connectivity index (χ0) is 19.6. The van der Waals surface area contributed by atoms with E-state index in [-0.39, 0.29) is 0 Å². The Balaban J connectivity index is 1.80. The molecule has 0 aromatic heterocycles. The van der Waals surface area contributed by atoms with Gasteiger partial charge in [-0.1, -0.05) is 52.0 Å². The molecule has 0 fully saturated rings. The predicted octanol–water partition coefficient (Wildman–Crippen LogP) is 5.65. The van der Waals surface area contributed by atoms with E-state index >= 15 is 0 Å². The summed E-state index contributed by atoms with van der Waals surface area (Å²) in [5, 5.41) is 3.43. The smallest absolute Gasteiger partial charge is 0.119 e. The third kappa shape index (κ3) is 7.26. The Labute approximate surface area is 165 Å². The molecule has 2 aromatic carbocycles. The van der Waals surface area contributed by atoms with E-state index in [2.05, 4.69) is 69.4 Å². The lowest BCUT2D eigenvalue weighted by Gasteiger charge is -2.24. The normalized spacial score (nSPS) is 12.4. The predicted molar refractivity (Wildman–Crippen MR) is 114 cm³/mol. The van der Waals surface area contributed by atoms with Crippen LogP contribution in [0.4, 0.5) is 0 Å². The molecule has 148 valence electrons. The van der Waals surface area contributed by atoms with E-state index < -0.39 is 0 Å². The molecule has 0 aliphatic carbocycles. The molecule has 1 N–H and O–H groups in total. The SMILES string of the molecule is COc1ccc(CNCCOc2cccc(C(CC(C)C)C(C)C)c2)cc1. The number of ether oxygens (including phenoxy) is 2. The molecule has 0 radical (unpaired) electrons. The molecule has 2 aromatic rings. The van der Waals surface area contributed by atoms with Gasteiger partial charge in [-0.25, -0.2) is 0 Å². The minimum Gasteiger partial charge on any atom is -0.497 e. The zero-order valence-electron chi connectivity index (χ0n) is 17.5. The number of nitrogens with one attached hydrogen (secondary N) is 1. The van der Waals surface area contributed by atoms with Crippen molar-refractivity contribution in [2.75, 3.05) is 20.3 Å². The van der Waals surface area contributed by atoms with E-state index in [4.69, 9.17) is 9.47 Å². The van der Waals surface area contributed by atoms with Crippen molar-refractivity contribution < 1.29 is 9.47 Å². The molecule has 0 heterocycles. The summed E-state index contributed by atoms with van der Waals surface area (Å²) in [6, 6.07) is 16.8. The minimum absolute atomic E-state index is 0.585. The summed E-state index contributed by atoms with van der Waals surface area (Å²) >= 11 is 0. The highest BCUT2D eigenvalue weighted by atomic mass is 16.5. The van der Waals surface area contributed by atoms with E-state index in [1.807, 2.05) is 12.1 Å². The van der Waals surface area contributed by atoms with Gasteiger partial charge in [-0.15, -0.1) is 0 Å². The van der Waals surface area contributed by atoms with Crippen molar-refractivity contribution in [2.45, 2.75) is 46.6 Å². The summed E-state index contributed by atoms with van der Waals surface area (Å²) < 4.78 is 11.2. The Morgan fingerprint density at radius 2 is 1.67 bits per heavy atom. The molecular formula is C24H35NO2. The van der Waals surface area contributed by atoms with Gasteiger partial charge in [0, 0.05) is 13.1 Å². The van der Waals surface area contributed by atoms with Crippen LogP contribution in [0.5, 0.6) is 11.5 Å². The van der Waals surface area contributed by atoms with Crippen molar-refractivity contribution in [1.29, 1.82) is 0 Å². The first-order chi connectivity index (χ1) is 13.0. The van der Waals surface area contributed by atoms with E-state index in [9.17, 15) is 0 Å². The molecule has 0 saturated heterocycles. The maximum Gasteiger partial charge on any atom is 0.119 e. The average molecular weight is 370 g/mol. The van der Waals surface area contributed by atoms with Crippen LogP contribution in [-0.4, -0.2) is 20.3 Å². The van der Waals surface area contributed by atoms with Crippen molar-refractivity contribution in [1.82, 2.24) is 5.32 Å². The van der Waals surface area contributed by atoms with E-state index in [1.54, 1.807) is 7.11 Å². The summed E-state index contributed by atoms with van der Waals surface area (Å²) in [6.45, 7) is 11.5. The molecule has 1 unspecified atom stereocenters. The van der Waals surface area contributed by atoms with Crippen molar-refractivity contribution >= 4 is 0 Å². The van der Waals surface area contributed by atoms with Crippen molar-refractivity contribution in [3.05, 3.63) is 59.7 Å². The van der Waals surface area contributed by atoms with Gasteiger partial charge < -0.3 is 14.8 Å². The van der Waals surface area contributed by atoms with Crippen molar-refractivity contribution in [3.8, 4) is 11.5 Å². The fraction of sp³-hybridized carbons (Fsp3) is 0.500. The third-order valence-electron chi connectivity index (χ3n) is 4.85. The summed E-state index contributed by atoms with van der Waals surface area (Å²) in [7, 11) is 1.69. The second-order valence-corrected chi connectivity index (χ2v) is 7.93. The first-order valence-corrected chi connectivity index (χ1v) is 10.1. The molecule has 0 saturated carbocycles. The first-order valence-electron chi connectivity index (χ1n) is 10.1. The summed E-state index contributed by atoms with van der Waals surface area (Å²) in [6.07, 6.45) is 1.21. The van der Waals surface area contributed by atoms with Crippen LogP contribution in [0.2, 0.25) is 0 Å². The molecule has 1 atom stereocenters. The first kappa shape index (κ1) is 21.3. The highest BCUT2D eigenvalue weighted by Gasteiger charge is 2.17. The highest BCUT2D eigenvalue weighted by molar-refractivity contribution is 5.31. The molecule has 0 amide bonds. The lowest BCUT2D eigenvalue weighted by molar-refractivity contribution is 0.312. The van der Waals surface area contributed by atoms with Crippen LogP contribution < -0.4 is 14.8 Å². The van der Waals surface area contributed by atoms with Gasteiger partial charge in [0.05, 0.1) is 7.11 Å². The average Bonchev–Trinajstić information content (AvgIpc) is 2.66. The quantitative estimate of drug-likeness (QED) is 0.519. The minimum atomic E-state index is 0.585. The Kier molecular flexibility index (Phi) is 8.66. The Bertz CT molecular complexity index is 664. The van der Waals surface area contributed by atoms with E-state index in [1.165, 1.54) is 17.5 Å². The van der Waals surface area contributed by atoms with Crippen LogP contribution in [0.25, 0.3) is 0 Å². The van der Waals surface area contributed by atoms with Gasteiger partial charge in [0.1, 0.15) is 18.1 Å². The lowest BCUT2D eigenvalue weighted by Crippen LogP contribution is -2.20.